The van der Waals surface area contributed by atoms with Gasteiger partial charge in [-0.15, -0.1) is 0 Å². The molecule has 5 heterocycles. The molecule has 5 aliphatic rings. The zero-order chi connectivity index (χ0) is 25.0. The lowest BCUT2D eigenvalue weighted by atomic mass is 9.86. The van der Waals surface area contributed by atoms with E-state index < -0.39 is 80.4 Å². The second-order valence-corrected chi connectivity index (χ2v) is 10.0. The first-order chi connectivity index (χ1) is 16.7. The molecule has 13 nitrogen and oxygen atoms in total. The van der Waals surface area contributed by atoms with E-state index in [1.165, 1.54) is 0 Å². The monoisotopic (exact) mass is 508 g/mol. The molecule has 5 fully saturated rings. The minimum absolute atomic E-state index is 0.0265. The van der Waals surface area contributed by atoms with Crippen LogP contribution in [0.25, 0.3) is 0 Å². The number of rotatable bonds is 5. The van der Waals surface area contributed by atoms with E-state index in [-0.39, 0.29) is 30.8 Å². The average molecular weight is 509 g/mol. The molecule has 16 atom stereocenters. The first kappa shape index (κ1) is 26.1. The van der Waals surface area contributed by atoms with E-state index in [1.807, 2.05) is 13.8 Å². The van der Waals surface area contributed by atoms with Gasteiger partial charge in [-0.1, -0.05) is 13.8 Å². The molecular weight excluding hydrogens is 472 g/mol. The average Bonchev–Trinajstić information content (AvgIpc) is 3.30. The van der Waals surface area contributed by atoms with Crippen molar-refractivity contribution >= 4 is 0 Å². The molecular formula is C22H36O13. The topological polar surface area (TPSA) is 175 Å². The lowest BCUT2D eigenvalue weighted by Crippen LogP contribution is -2.66. The Hall–Kier alpha value is -0.520. The van der Waals surface area contributed by atoms with Gasteiger partial charge in [0.05, 0.1) is 25.9 Å². The summed E-state index contributed by atoms with van der Waals surface area (Å²) in [5.74, 6) is 0.0728. The van der Waals surface area contributed by atoms with E-state index in [2.05, 4.69) is 0 Å². The Morgan fingerprint density at radius 1 is 0.686 bits per heavy atom. The predicted octanol–water partition coefficient (Wildman–Crippen LogP) is -2.57. The minimum Gasteiger partial charge on any atom is -0.394 e. The third-order valence-electron chi connectivity index (χ3n) is 7.76. The highest BCUT2D eigenvalue weighted by Crippen LogP contribution is 2.39. The highest BCUT2D eigenvalue weighted by Gasteiger charge is 2.54. The van der Waals surface area contributed by atoms with Crippen LogP contribution in [0, 0.1) is 11.8 Å². The second kappa shape index (κ2) is 10.3. The fourth-order valence-corrected chi connectivity index (χ4v) is 5.44. The number of ether oxygens (including phenoxy) is 8. The normalized spacial score (nSPS) is 56.6. The molecule has 5 aliphatic heterocycles. The molecule has 0 radical (unpaired) electrons. The van der Waals surface area contributed by atoms with Gasteiger partial charge in [-0.3, -0.25) is 0 Å². The summed E-state index contributed by atoms with van der Waals surface area (Å²) in [7, 11) is 0. The van der Waals surface area contributed by atoms with Crippen molar-refractivity contribution in [1.82, 2.24) is 0 Å². The second-order valence-electron chi connectivity index (χ2n) is 10.0. The third-order valence-corrected chi connectivity index (χ3v) is 7.76. The molecule has 0 aromatic heterocycles. The summed E-state index contributed by atoms with van der Waals surface area (Å²) in [5, 5.41) is 52.8. The van der Waals surface area contributed by atoms with Crippen LogP contribution in [0.3, 0.4) is 0 Å². The van der Waals surface area contributed by atoms with Crippen molar-refractivity contribution in [3.05, 3.63) is 0 Å². The van der Waals surface area contributed by atoms with Gasteiger partial charge in [0.15, 0.2) is 25.2 Å². The molecule has 13 heteroatoms. The number of hydrogen-bond donors (Lipinski definition) is 5. The quantitative estimate of drug-likeness (QED) is 0.262. The summed E-state index contributed by atoms with van der Waals surface area (Å²) < 4.78 is 45.7. The Kier molecular flexibility index (Phi) is 7.70. The third kappa shape index (κ3) is 4.76. The van der Waals surface area contributed by atoms with Gasteiger partial charge in [0.1, 0.15) is 54.9 Å². The van der Waals surface area contributed by atoms with Gasteiger partial charge in [-0.2, -0.15) is 0 Å². The Bertz CT molecular complexity index is 723. The molecule has 5 rings (SSSR count). The molecule has 35 heavy (non-hydrogen) atoms. The fraction of sp³-hybridized carbons (Fsp3) is 1.00. The lowest BCUT2D eigenvalue weighted by molar-refractivity contribution is -0.386. The van der Waals surface area contributed by atoms with E-state index in [0.717, 1.165) is 0 Å². The van der Waals surface area contributed by atoms with Crippen LogP contribution in [0.15, 0.2) is 0 Å². The van der Waals surface area contributed by atoms with Crippen molar-refractivity contribution in [2.75, 3.05) is 19.8 Å². The van der Waals surface area contributed by atoms with E-state index >= 15 is 0 Å². The van der Waals surface area contributed by atoms with Crippen molar-refractivity contribution < 1.29 is 63.4 Å². The number of hydrogen-bond acceptors (Lipinski definition) is 13. The summed E-state index contributed by atoms with van der Waals surface area (Å²) in [6, 6.07) is 0. The van der Waals surface area contributed by atoms with Crippen LogP contribution in [0.2, 0.25) is 0 Å². The minimum atomic E-state index is -1.56. The Labute approximate surface area is 202 Å². The summed E-state index contributed by atoms with van der Waals surface area (Å²) in [6.45, 7) is 5.52. The zero-order valence-electron chi connectivity index (χ0n) is 19.9. The SMILES string of the molecule is CC1OCC2O[C@@H](O[C@@H]3C(CO)O[C@@H](O[C@H]4C(C)C(C)[C@@H]5OC[C@@H]4O5)C(O)[C@H]3O)C(O)[C@@H](O)[C@@H]2O1. The molecule has 202 valence electrons. The smallest absolute Gasteiger partial charge is 0.187 e. The summed E-state index contributed by atoms with van der Waals surface area (Å²) in [4.78, 5) is 0. The zero-order valence-corrected chi connectivity index (χ0v) is 19.9. The van der Waals surface area contributed by atoms with E-state index in [9.17, 15) is 25.5 Å². The van der Waals surface area contributed by atoms with Crippen LogP contribution < -0.4 is 0 Å². The standard InChI is InChI=1S/C22H36O13/c1-7-8(2)20-29-6-11(32-20)17(7)34-21-15(26)13(24)18(10(4-23)31-21)35-22-16(27)14(25)19-12(33-22)5-28-9(3)30-19/h7-27H,4-6H2,1-3H3/t7?,8?,9?,10?,11-,12?,13+,14+,15?,16?,17-,18+,19+,20+,21-,22-/m0/s1. The predicted molar refractivity (Wildman–Crippen MR) is 111 cm³/mol. The maximum Gasteiger partial charge on any atom is 0.187 e. The summed E-state index contributed by atoms with van der Waals surface area (Å²) in [5.41, 5.74) is 0. The summed E-state index contributed by atoms with van der Waals surface area (Å²) in [6.07, 6.45) is -14.2. The first-order valence-electron chi connectivity index (χ1n) is 12.2. The molecule has 0 amide bonds. The first-order valence-corrected chi connectivity index (χ1v) is 12.2. The van der Waals surface area contributed by atoms with Crippen LogP contribution in [0.5, 0.6) is 0 Å². The van der Waals surface area contributed by atoms with Crippen LogP contribution in [-0.4, -0.2) is 132 Å². The Morgan fingerprint density at radius 2 is 1.34 bits per heavy atom. The number of fused-ring (bicyclic) bond motifs is 3. The van der Waals surface area contributed by atoms with Gasteiger partial charge in [0.25, 0.3) is 0 Å². The molecule has 0 aromatic carbocycles. The molecule has 5 N–H and O–H groups in total. The Balaban J connectivity index is 1.25. The van der Waals surface area contributed by atoms with Gasteiger partial charge < -0.3 is 63.4 Å². The fourth-order valence-electron chi connectivity index (χ4n) is 5.44. The lowest BCUT2D eigenvalue weighted by Gasteiger charge is -2.49. The van der Waals surface area contributed by atoms with Crippen LogP contribution >= 0.6 is 0 Å². The maximum absolute atomic E-state index is 10.9. The maximum atomic E-state index is 10.9. The van der Waals surface area contributed by atoms with Gasteiger partial charge in [-0.25, -0.2) is 0 Å². The number of aliphatic hydroxyl groups excluding tert-OH is 5. The van der Waals surface area contributed by atoms with E-state index in [4.69, 9.17) is 37.9 Å². The van der Waals surface area contributed by atoms with Gasteiger partial charge in [0, 0.05) is 5.92 Å². The molecule has 2 bridgehead atoms. The van der Waals surface area contributed by atoms with Gasteiger partial charge in [0.2, 0.25) is 0 Å². The van der Waals surface area contributed by atoms with Crippen molar-refractivity contribution in [1.29, 1.82) is 0 Å². The largest absolute Gasteiger partial charge is 0.394 e. The van der Waals surface area contributed by atoms with E-state index in [0.29, 0.717) is 6.61 Å². The highest BCUT2D eigenvalue weighted by atomic mass is 16.8. The van der Waals surface area contributed by atoms with Crippen LogP contribution in [0.4, 0.5) is 0 Å². The molecule has 0 aliphatic carbocycles. The molecule has 7 unspecified atom stereocenters. The molecule has 5 saturated heterocycles. The van der Waals surface area contributed by atoms with Gasteiger partial charge in [-0.05, 0) is 12.8 Å². The number of aliphatic hydroxyl groups is 5. The van der Waals surface area contributed by atoms with Crippen LogP contribution in [0.1, 0.15) is 20.8 Å². The van der Waals surface area contributed by atoms with Crippen molar-refractivity contribution in [3.8, 4) is 0 Å². The Morgan fingerprint density at radius 3 is 2.09 bits per heavy atom. The summed E-state index contributed by atoms with van der Waals surface area (Å²) >= 11 is 0. The molecule has 0 spiro atoms. The van der Waals surface area contributed by atoms with Crippen LogP contribution in [-0.2, 0) is 37.9 Å². The van der Waals surface area contributed by atoms with Crippen molar-refractivity contribution in [2.45, 2.75) is 107 Å². The van der Waals surface area contributed by atoms with E-state index in [1.54, 1.807) is 6.92 Å². The van der Waals surface area contributed by atoms with Crippen molar-refractivity contribution in [3.63, 3.8) is 0 Å². The molecule has 0 aromatic rings. The van der Waals surface area contributed by atoms with Gasteiger partial charge >= 0.3 is 0 Å². The molecule has 0 saturated carbocycles. The van der Waals surface area contributed by atoms with Crippen molar-refractivity contribution in [2.24, 2.45) is 11.8 Å². The highest BCUT2D eigenvalue weighted by molar-refractivity contribution is 4.97.